The van der Waals surface area contributed by atoms with Crippen LogP contribution in [-0.4, -0.2) is 0 Å². The molecule has 78 valence electrons. The van der Waals surface area contributed by atoms with Crippen LogP contribution in [0.1, 0.15) is 10.4 Å². The molecule has 0 fully saturated rings. The molecule has 2 N–H and O–H groups in total. The molecule has 0 spiro atoms. The minimum Gasteiger partial charge on any atom is -0.326 e. The minimum absolute atomic E-state index is 0.653. The van der Waals surface area contributed by atoms with Gasteiger partial charge in [-0.05, 0) is 29.1 Å². The van der Waals surface area contributed by atoms with E-state index in [2.05, 4.69) is 35.7 Å². The van der Waals surface area contributed by atoms with Gasteiger partial charge in [0.1, 0.15) is 0 Å². The van der Waals surface area contributed by atoms with Crippen molar-refractivity contribution >= 4 is 23.1 Å². The highest BCUT2D eigenvalue weighted by molar-refractivity contribution is 7.98. The highest BCUT2D eigenvalue weighted by Crippen LogP contribution is 2.24. The Labute approximate surface area is 98.3 Å². The molecule has 0 amide bonds. The topological polar surface area (TPSA) is 26.0 Å². The van der Waals surface area contributed by atoms with Crippen LogP contribution in [0.5, 0.6) is 0 Å². The van der Waals surface area contributed by atoms with Crippen molar-refractivity contribution in [3.05, 3.63) is 52.2 Å². The van der Waals surface area contributed by atoms with Crippen molar-refractivity contribution in [2.24, 2.45) is 5.73 Å². The Bertz CT molecular complexity index is 409. The molecule has 0 aliphatic carbocycles. The predicted octanol–water partition coefficient (Wildman–Crippen LogP) is 3.50. The van der Waals surface area contributed by atoms with Gasteiger partial charge >= 0.3 is 0 Å². The molecule has 15 heavy (non-hydrogen) atoms. The van der Waals surface area contributed by atoms with Gasteiger partial charge in [-0.1, -0.05) is 18.2 Å². The molecular formula is C12H13NS2. The summed E-state index contributed by atoms with van der Waals surface area (Å²) in [6.45, 7) is 0.653. The number of benzene rings is 1. The molecule has 0 bridgehead atoms. The SMILES string of the molecule is NCc1cc(CSc2ccccc2)cs1. The number of hydrogen-bond donors (Lipinski definition) is 1. The Morgan fingerprint density at radius 1 is 1.20 bits per heavy atom. The molecule has 0 atom stereocenters. The fourth-order valence-corrected chi connectivity index (χ4v) is 3.02. The Kier molecular flexibility index (Phi) is 3.83. The van der Waals surface area contributed by atoms with Crippen LogP contribution in [0.15, 0.2) is 46.7 Å². The Balaban J connectivity index is 1.93. The van der Waals surface area contributed by atoms with Gasteiger partial charge in [-0.3, -0.25) is 0 Å². The molecule has 0 aliphatic rings. The van der Waals surface area contributed by atoms with Gasteiger partial charge < -0.3 is 5.73 Å². The maximum Gasteiger partial charge on any atom is 0.0273 e. The zero-order valence-corrected chi connectivity index (χ0v) is 9.98. The van der Waals surface area contributed by atoms with Gasteiger partial charge in [-0.15, -0.1) is 23.1 Å². The molecule has 0 saturated carbocycles. The van der Waals surface area contributed by atoms with Gasteiger partial charge in [0.05, 0.1) is 0 Å². The first-order valence-electron chi connectivity index (χ1n) is 4.82. The second-order valence-electron chi connectivity index (χ2n) is 3.23. The monoisotopic (exact) mass is 235 g/mol. The van der Waals surface area contributed by atoms with Crippen LogP contribution >= 0.6 is 23.1 Å². The maximum atomic E-state index is 5.57. The first-order chi connectivity index (χ1) is 7.38. The fourth-order valence-electron chi connectivity index (χ4n) is 1.29. The molecule has 2 aromatic rings. The van der Waals surface area contributed by atoms with Crippen molar-refractivity contribution in [2.45, 2.75) is 17.2 Å². The van der Waals surface area contributed by atoms with Crippen molar-refractivity contribution in [3.8, 4) is 0 Å². The second kappa shape index (κ2) is 5.35. The molecule has 1 heterocycles. The lowest BCUT2D eigenvalue weighted by atomic mass is 10.3. The predicted molar refractivity (Wildman–Crippen MR) is 68.2 cm³/mol. The summed E-state index contributed by atoms with van der Waals surface area (Å²) in [5.41, 5.74) is 6.94. The van der Waals surface area contributed by atoms with Crippen molar-refractivity contribution in [3.63, 3.8) is 0 Å². The third-order valence-corrected chi connectivity index (χ3v) is 4.15. The average molecular weight is 235 g/mol. The largest absolute Gasteiger partial charge is 0.326 e. The zero-order chi connectivity index (χ0) is 10.5. The summed E-state index contributed by atoms with van der Waals surface area (Å²) in [5.74, 6) is 1.03. The molecule has 0 unspecified atom stereocenters. The van der Waals surface area contributed by atoms with Crippen molar-refractivity contribution in [2.75, 3.05) is 0 Å². The van der Waals surface area contributed by atoms with E-state index in [1.807, 2.05) is 17.8 Å². The minimum atomic E-state index is 0.653. The third kappa shape index (κ3) is 3.09. The number of thiophene rings is 1. The van der Waals surface area contributed by atoms with Gasteiger partial charge in [-0.25, -0.2) is 0 Å². The normalized spacial score (nSPS) is 10.5. The molecule has 2 rings (SSSR count). The van der Waals surface area contributed by atoms with E-state index in [9.17, 15) is 0 Å². The van der Waals surface area contributed by atoms with Crippen molar-refractivity contribution < 1.29 is 0 Å². The van der Waals surface area contributed by atoms with Crippen LogP contribution in [0.2, 0.25) is 0 Å². The third-order valence-electron chi connectivity index (χ3n) is 2.06. The second-order valence-corrected chi connectivity index (χ2v) is 5.27. The van der Waals surface area contributed by atoms with E-state index in [0.29, 0.717) is 6.54 Å². The van der Waals surface area contributed by atoms with Gasteiger partial charge in [0, 0.05) is 22.1 Å². The first kappa shape index (κ1) is 10.7. The van der Waals surface area contributed by atoms with Crippen LogP contribution in [0.3, 0.4) is 0 Å². The number of thioether (sulfide) groups is 1. The fraction of sp³-hybridized carbons (Fsp3) is 0.167. The number of nitrogens with two attached hydrogens (primary N) is 1. The molecule has 1 aromatic heterocycles. The van der Waals surface area contributed by atoms with Crippen LogP contribution in [-0.2, 0) is 12.3 Å². The summed E-state index contributed by atoms with van der Waals surface area (Å²) in [4.78, 5) is 2.58. The van der Waals surface area contributed by atoms with Crippen LogP contribution in [0.4, 0.5) is 0 Å². The molecule has 3 heteroatoms. The van der Waals surface area contributed by atoms with Crippen molar-refractivity contribution in [1.82, 2.24) is 0 Å². The molecule has 0 radical (unpaired) electrons. The van der Waals surface area contributed by atoms with E-state index < -0.39 is 0 Å². The molecule has 1 aromatic carbocycles. The lowest BCUT2D eigenvalue weighted by Gasteiger charge is -1.98. The molecule has 0 aliphatic heterocycles. The average Bonchev–Trinajstić information content (AvgIpc) is 2.76. The number of rotatable bonds is 4. The Hall–Kier alpha value is -0.770. The van der Waals surface area contributed by atoms with Gasteiger partial charge in [-0.2, -0.15) is 0 Å². The standard InChI is InChI=1S/C12H13NS2/c13-7-12-6-10(9-15-12)8-14-11-4-2-1-3-5-11/h1-6,9H,7-8,13H2. The summed E-state index contributed by atoms with van der Waals surface area (Å²) >= 11 is 3.61. The van der Waals surface area contributed by atoms with E-state index in [1.54, 1.807) is 11.3 Å². The lowest BCUT2D eigenvalue weighted by molar-refractivity contribution is 1.10. The first-order valence-corrected chi connectivity index (χ1v) is 6.69. The summed E-state index contributed by atoms with van der Waals surface area (Å²) in [6, 6.07) is 12.7. The number of hydrogen-bond acceptors (Lipinski definition) is 3. The lowest BCUT2D eigenvalue weighted by Crippen LogP contribution is -1.91. The smallest absolute Gasteiger partial charge is 0.0273 e. The molecule has 1 nitrogen and oxygen atoms in total. The van der Waals surface area contributed by atoms with E-state index in [-0.39, 0.29) is 0 Å². The molecular weight excluding hydrogens is 222 g/mol. The van der Waals surface area contributed by atoms with E-state index in [4.69, 9.17) is 5.73 Å². The van der Waals surface area contributed by atoms with Crippen LogP contribution in [0.25, 0.3) is 0 Å². The summed E-state index contributed by atoms with van der Waals surface area (Å²) in [5, 5.41) is 2.19. The highest BCUT2D eigenvalue weighted by atomic mass is 32.2. The van der Waals surface area contributed by atoms with E-state index in [1.165, 1.54) is 15.3 Å². The van der Waals surface area contributed by atoms with E-state index in [0.717, 1.165) is 5.75 Å². The summed E-state index contributed by atoms with van der Waals surface area (Å²) in [6.07, 6.45) is 0. The zero-order valence-electron chi connectivity index (χ0n) is 8.35. The van der Waals surface area contributed by atoms with Crippen LogP contribution < -0.4 is 5.73 Å². The van der Waals surface area contributed by atoms with Crippen molar-refractivity contribution in [1.29, 1.82) is 0 Å². The highest BCUT2D eigenvalue weighted by Gasteiger charge is 1.99. The summed E-state index contributed by atoms with van der Waals surface area (Å²) in [7, 11) is 0. The van der Waals surface area contributed by atoms with Crippen LogP contribution in [0, 0.1) is 0 Å². The van der Waals surface area contributed by atoms with Gasteiger partial charge in [0.2, 0.25) is 0 Å². The van der Waals surface area contributed by atoms with Gasteiger partial charge in [0.15, 0.2) is 0 Å². The summed E-state index contributed by atoms with van der Waals surface area (Å²) < 4.78 is 0. The quantitative estimate of drug-likeness (QED) is 0.821. The van der Waals surface area contributed by atoms with Gasteiger partial charge in [0.25, 0.3) is 0 Å². The maximum absolute atomic E-state index is 5.57. The van der Waals surface area contributed by atoms with E-state index >= 15 is 0 Å². The Morgan fingerprint density at radius 2 is 2.00 bits per heavy atom. The Morgan fingerprint density at radius 3 is 2.67 bits per heavy atom. The molecule has 0 saturated heterocycles.